The average molecular weight is 243 g/mol. The van der Waals surface area contributed by atoms with Crippen LogP contribution in [0.1, 0.15) is 47.0 Å². The summed E-state index contributed by atoms with van der Waals surface area (Å²) < 4.78 is 5.25. The second kappa shape index (κ2) is 5.36. The largest absolute Gasteiger partial charge is 0.460 e. The molecule has 4 heteroatoms. The summed E-state index contributed by atoms with van der Waals surface area (Å²) in [5.41, 5.74) is -1.44. The molecule has 1 aliphatic rings. The van der Waals surface area contributed by atoms with Crippen LogP contribution < -0.4 is 5.32 Å². The Hall–Kier alpha value is -0.610. The minimum atomic E-state index is -0.954. The molecule has 2 N–H and O–H groups in total. The summed E-state index contributed by atoms with van der Waals surface area (Å²) in [6.07, 6.45) is 1.90. The number of nitrogens with one attached hydrogen (secondary N) is 1. The van der Waals surface area contributed by atoms with E-state index in [1.165, 1.54) is 0 Å². The van der Waals surface area contributed by atoms with E-state index in [0.29, 0.717) is 0 Å². The molecule has 0 aromatic heterocycles. The Morgan fingerprint density at radius 3 is 2.29 bits per heavy atom. The van der Waals surface area contributed by atoms with E-state index in [2.05, 4.69) is 5.32 Å². The van der Waals surface area contributed by atoms with Crippen molar-refractivity contribution in [1.29, 1.82) is 0 Å². The topological polar surface area (TPSA) is 58.6 Å². The maximum atomic E-state index is 11.7. The van der Waals surface area contributed by atoms with Crippen molar-refractivity contribution in [3.63, 3.8) is 0 Å². The van der Waals surface area contributed by atoms with Crippen LogP contribution in [0.2, 0.25) is 0 Å². The predicted octanol–water partition coefficient (Wildman–Crippen LogP) is 1.47. The molecule has 0 radical (unpaired) electrons. The van der Waals surface area contributed by atoms with Gasteiger partial charge in [0.2, 0.25) is 0 Å². The van der Waals surface area contributed by atoms with Gasteiger partial charge in [0, 0.05) is 0 Å². The lowest BCUT2D eigenvalue weighted by Gasteiger charge is -2.35. The first-order valence-electron chi connectivity index (χ1n) is 6.36. The fourth-order valence-corrected chi connectivity index (χ4v) is 2.26. The number of aliphatic hydroxyl groups is 1. The summed E-state index contributed by atoms with van der Waals surface area (Å²) in [5, 5.41) is 13.6. The Bertz CT molecular complexity index is 262. The highest BCUT2D eigenvalue weighted by molar-refractivity contribution is 5.71. The van der Waals surface area contributed by atoms with Gasteiger partial charge in [-0.1, -0.05) is 0 Å². The van der Waals surface area contributed by atoms with Gasteiger partial charge in [-0.2, -0.15) is 0 Å². The minimum absolute atomic E-state index is 0.0783. The SMILES string of the molecule is CC(C)(C)OC(=O)CC(C)(O)C1CCNCC1. The van der Waals surface area contributed by atoms with Gasteiger partial charge >= 0.3 is 5.97 Å². The number of hydrogen-bond acceptors (Lipinski definition) is 4. The fourth-order valence-electron chi connectivity index (χ4n) is 2.26. The third-order valence-electron chi connectivity index (χ3n) is 3.14. The summed E-state index contributed by atoms with van der Waals surface area (Å²) in [6, 6.07) is 0. The molecule has 1 saturated heterocycles. The van der Waals surface area contributed by atoms with Gasteiger partial charge in [-0.3, -0.25) is 4.79 Å². The minimum Gasteiger partial charge on any atom is -0.460 e. The van der Waals surface area contributed by atoms with Crippen molar-refractivity contribution in [1.82, 2.24) is 5.32 Å². The number of carbonyl (C=O) groups excluding carboxylic acids is 1. The van der Waals surface area contributed by atoms with Gasteiger partial charge in [0.25, 0.3) is 0 Å². The first kappa shape index (κ1) is 14.5. The van der Waals surface area contributed by atoms with Crippen LogP contribution in [0.4, 0.5) is 0 Å². The molecule has 0 spiro atoms. The van der Waals surface area contributed by atoms with Crippen molar-refractivity contribution in [2.24, 2.45) is 5.92 Å². The van der Waals surface area contributed by atoms with E-state index in [9.17, 15) is 9.90 Å². The van der Waals surface area contributed by atoms with Crippen LogP contribution in [-0.2, 0) is 9.53 Å². The van der Waals surface area contributed by atoms with E-state index < -0.39 is 11.2 Å². The Kier molecular flexibility index (Phi) is 4.55. The highest BCUT2D eigenvalue weighted by Crippen LogP contribution is 2.29. The van der Waals surface area contributed by atoms with E-state index in [-0.39, 0.29) is 18.3 Å². The number of piperidine rings is 1. The lowest BCUT2D eigenvalue weighted by molar-refractivity contribution is -0.162. The molecule has 1 rings (SSSR count). The van der Waals surface area contributed by atoms with Crippen LogP contribution in [0.3, 0.4) is 0 Å². The summed E-state index contributed by atoms with van der Waals surface area (Å²) in [5.74, 6) is -0.141. The van der Waals surface area contributed by atoms with Crippen molar-refractivity contribution in [2.45, 2.75) is 58.2 Å². The van der Waals surface area contributed by atoms with Crippen molar-refractivity contribution < 1.29 is 14.6 Å². The Morgan fingerprint density at radius 2 is 1.82 bits per heavy atom. The molecular formula is C13H25NO3. The van der Waals surface area contributed by atoms with E-state index in [1.54, 1.807) is 6.92 Å². The molecule has 4 nitrogen and oxygen atoms in total. The van der Waals surface area contributed by atoms with Crippen molar-refractivity contribution in [3.8, 4) is 0 Å². The summed E-state index contributed by atoms with van der Waals surface area (Å²) in [7, 11) is 0. The Morgan fingerprint density at radius 1 is 1.29 bits per heavy atom. The third-order valence-corrected chi connectivity index (χ3v) is 3.14. The molecule has 1 fully saturated rings. The van der Waals surface area contributed by atoms with Gasteiger partial charge in [-0.25, -0.2) is 0 Å². The molecular weight excluding hydrogens is 218 g/mol. The van der Waals surface area contributed by atoms with Gasteiger partial charge < -0.3 is 15.2 Å². The van der Waals surface area contributed by atoms with Gasteiger partial charge in [0.1, 0.15) is 5.60 Å². The van der Waals surface area contributed by atoms with Gasteiger partial charge in [-0.05, 0) is 59.5 Å². The van der Waals surface area contributed by atoms with Gasteiger partial charge in [-0.15, -0.1) is 0 Å². The molecule has 1 heterocycles. The monoisotopic (exact) mass is 243 g/mol. The maximum Gasteiger partial charge on any atom is 0.309 e. The number of carbonyl (C=O) groups is 1. The van der Waals surface area contributed by atoms with Crippen LogP contribution in [0.25, 0.3) is 0 Å². The van der Waals surface area contributed by atoms with Crippen LogP contribution in [0.5, 0.6) is 0 Å². The highest BCUT2D eigenvalue weighted by atomic mass is 16.6. The zero-order valence-corrected chi connectivity index (χ0v) is 11.4. The molecule has 0 amide bonds. The van der Waals surface area contributed by atoms with Crippen LogP contribution in [-0.4, -0.2) is 35.4 Å². The molecule has 17 heavy (non-hydrogen) atoms. The van der Waals surface area contributed by atoms with Crippen LogP contribution in [0, 0.1) is 5.92 Å². The molecule has 0 saturated carbocycles. The van der Waals surface area contributed by atoms with E-state index in [4.69, 9.17) is 4.74 Å². The number of ether oxygens (including phenoxy) is 1. The number of hydrogen-bond donors (Lipinski definition) is 2. The Labute approximate surface area is 104 Å². The molecule has 0 aromatic carbocycles. The molecule has 1 atom stereocenters. The molecule has 0 aliphatic carbocycles. The second-order valence-electron chi connectivity index (χ2n) is 6.14. The maximum absolute atomic E-state index is 11.7. The lowest BCUT2D eigenvalue weighted by Crippen LogP contribution is -2.44. The van der Waals surface area contributed by atoms with Gasteiger partial charge in [0.05, 0.1) is 12.0 Å². The number of esters is 1. The predicted molar refractivity (Wildman–Crippen MR) is 66.7 cm³/mol. The fraction of sp³-hybridized carbons (Fsp3) is 0.923. The van der Waals surface area contributed by atoms with E-state index in [1.807, 2.05) is 20.8 Å². The highest BCUT2D eigenvalue weighted by Gasteiger charge is 2.36. The van der Waals surface area contributed by atoms with Crippen LogP contribution in [0.15, 0.2) is 0 Å². The molecule has 0 bridgehead atoms. The van der Waals surface area contributed by atoms with Crippen molar-refractivity contribution in [2.75, 3.05) is 13.1 Å². The quantitative estimate of drug-likeness (QED) is 0.737. The van der Waals surface area contributed by atoms with Gasteiger partial charge in [0.15, 0.2) is 0 Å². The third kappa shape index (κ3) is 5.04. The summed E-state index contributed by atoms with van der Waals surface area (Å²) >= 11 is 0. The van der Waals surface area contributed by atoms with E-state index in [0.717, 1.165) is 25.9 Å². The molecule has 0 aromatic rings. The van der Waals surface area contributed by atoms with Crippen molar-refractivity contribution >= 4 is 5.97 Å². The lowest BCUT2D eigenvalue weighted by atomic mass is 9.80. The normalized spacial score (nSPS) is 21.9. The first-order valence-corrected chi connectivity index (χ1v) is 6.36. The number of rotatable bonds is 3. The van der Waals surface area contributed by atoms with Crippen molar-refractivity contribution in [3.05, 3.63) is 0 Å². The molecule has 100 valence electrons. The molecule has 1 unspecified atom stereocenters. The zero-order chi connectivity index (χ0) is 13.1. The summed E-state index contributed by atoms with van der Waals surface area (Å²) in [4.78, 5) is 11.7. The zero-order valence-electron chi connectivity index (χ0n) is 11.4. The summed E-state index contributed by atoms with van der Waals surface area (Å²) in [6.45, 7) is 9.08. The standard InChI is InChI=1S/C13H25NO3/c1-12(2,3)17-11(15)9-13(4,16)10-5-7-14-8-6-10/h10,14,16H,5-9H2,1-4H3. The van der Waals surface area contributed by atoms with Crippen LogP contribution >= 0.6 is 0 Å². The Balaban J connectivity index is 2.50. The smallest absolute Gasteiger partial charge is 0.309 e. The van der Waals surface area contributed by atoms with E-state index >= 15 is 0 Å². The first-order chi connectivity index (χ1) is 7.71. The average Bonchev–Trinajstić information content (AvgIpc) is 2.15. The molecule has 1 aliphatic heterocycles. The second-order valence-corrected chi connectivity index (χ2v) is 6.14.